The van der Waals surface area contributed by atoms with Crippen LogP contribution in [0.25, 0.3) is 0 Å². The van der Waals surface area contributed by atoms with Gasteiger partial charge in [-0.3, -0.25) is 4.90 Å². The van der Waals surface area contributed by atoms with E-state index in [2.05, 4.69) is 34.9 Å². The van der Waals surface area contributed by atoms with Crippen molar-refractivity contribution in [1.82, 2.24) is 4.90 Å². The molecular weight excluding hydrogens is 224 g/mol. The number of rotatable bonds is 3. The molecule has 0 saturated carbocycles. The van der Waals surface area contributed by atoms with Crippen LogP contribution in [0.2, 0.25) is 0 Å². The highest BCUT2D eigenvalue weighted by molar-refractivity contribution is 5.41. The molecule has 0 aromatic heterocycles. The maximum atomic E-state index is 5.43. The van der Waals surface area contributed by atoms with Crippen LogP contribution in [-0.2, 0) is 11.3 Å². The minimum atomic E-state index is 0.382. The summed E-state index contributed by atoms with van der Waals surface area (Å²) < 4.78 is 5.39. The van der Waals surface area contributed by atoms with Crippen LogP contribution in [0.4, 0.5) is 0 Å². The van der Waals surface area contributed by atoms with Gasteiger partial charge >= 0.3 is 0 Å². The fourth-order valence-corrected chi connectivity index (χ4v) is 2.30. The Balaban J connectivity index is 2.05. The molecule has 1 aromatic rings. The molecule has 3 nitrogen and oxygen atoms in total. The van der Waals surface area contributed by atoms with Crippen LogP contribution in [-0.4, -0.2) is 37.7 Å². The third-order valence-corrected chi connectivity index (χ3v) is 3.30. The van der Waals surface area contributed by atoms with Crippen LogP contribution in [0.1, 0.15) is 17.5 Å². The summed E-state index contributed by atoms with van der Waals surface area (Å²) in [6.07, 6.45) is 1.50. The van der Waals surface area contributed by atoms with Gasteiger partial charge < -0.3 is 10.5 Å². The number of benzene rings is 1. The molecular formula is C15H20N2O. The van der Waals surface area contributed by atoms with Crippen LogP contribution < -0.4 is 5.73 Å². The topological polar surface area (TPSA) is 38.5 Å². The SMILES string of the molecule is COC1CCN(Cc2ccccc2C#CCN)C1. The Hall–Kier alpha value is -1.34. The molecule has 1 heterocycles. The third kappa shape index (κ3) is 3.33. The number of methoxy groups -OCH3 is 1. The summed E-state index contributed by atoms with van der Waals surface area (Å²) in [6, 6.07) is 8.28. The zero-order valence-electron chi connectivity index (χ0n) is 10.9. The second-order valence-corrected chi connectivity index (χ2v) is 4.54. The quantitative estimate of drug-likeness (QED) is 0.812. The number of nitrogens with two attached hydrogens (primary N) is 1. The maximum absolute atomic E-state index is 5.43. The fraction of sp³-hybridized carbons (Fsp3) is 0.467. The van der Waals surface area contributed by atoms with E-state index in [1.165, 1.54) is 5.56 Å². The van der Waals surface area contributed by atoms with E-state index >= 15 is 0 Å². The van der Waals surface area contributed by atoms with E-state index < -0.39 is 0 Å². The molecule has 3 heteroatoms. The predicted octanol–water partition coefficient (Wildman–Crippen LogP) is 1.22. The van der Waals surface area contributed by atoms with Crippen LogP contribution >= 0.6 is 0 Å². The summed E-state index contributed by atoms with van der Waals surface area (Å²) >= 11 is 0. The Morgan fingerprint density at radius 2 is 2.28 bits per heavy atom. The van der Waals surface area contributed by atoms with Gasteiger partial charge in [0.05, 0.1) is 12.6 Å². The highest BCUT2D eigenvalue weighted by Gasteiger charge is 2.22. The molecule has 2 N–H and O–H groups in total. The van der Waals surface area contributed by atoms with Crippen molar-refractivity contribution in [2.24, 2.45) is 5.73 Å². The molecule has 0 aliphatic carbocycles. The largest absolute Gasteiger partial charge is 0.380 e. The van der Waals surface area contributed by atoms with Crippen molar-refractivity contribution in [3.05, 3.63) is 35.4 Å². The van der Waals surface area contributed by atoms with Gasteiger partial charge in [0.1, 0.15) is 0 Å². The number of nitrogens with zero attached hydrogens (tertiary/aromatic N) is 1. The molecule has 1 aliphatic heterocycles. The van der Waals surface area contributed by atoms with E-state index in [1.807, 2.05) is 6.07 Å². The first-order valence-electron chi connectivity index (χ1n) is 6.35. The Bertz CT molecular complexity index is 447. The number of ether oxygens (including phenoxy) is 1. The van der Waals surface area contributed by atoms with Gasteiger partial charge in [-0.1, -0.05) is 30.0 Å². The van der Waals surface area contributed by atoms with Crippen LogP contribution in [0, 0.1) is 11.8 Å². The van der Waals surface area contributed by atoms with Gasteiger partial charge in [-0.2, -0.15) is 0 Å². The van der Waals surface area contributed by atoms with Crippen LogP contribution in [0.15, 0.2) is 24.3 Å². The molecule has 96 valence electrons. The second kappa shape index (κ2) is 6.55. The molecule has 0 bridgehead atoms. The first-order valence-corrected chi connectivity index (χ1v) is 6.35. The van der Waals surface area contributed by atoms with Gasteiger partial charge in [-0.15, -0.1) is 0 Å². The van der Waals surface area contributed by atoms with Gasteiger partial charge in [0.2, 0.25) is 0 Å². The van der Waals surface area contributed by atoms with Gasteiger partial charge in [-0.05, 0) is 18.1 Å². The van der Waals surface area contributed by atoms with Gasteiger partial charge in [0.15, 0.2) is 0 Å². The average Bonchev–Trinajstić information content (AvgIpc) is 2.85. The summed E-state index contributed by atoms with van der Waals surface area (Å²) in [5.74, 6) is 6.06. The Morgan fingerprint density at radius 1 is 1.44 bits per heavy atom. The van der Waals surface area contributed by atoms with Crippen molar-refractivity contribution in [2.75, 3.05) is 26.7 Å². The van der Waals surface area contributed by atoms with E-state index in [0.29, 0.717) is 12.6 Å². The minimum Gasteiger partial charge on any atom is -0.380 e. The second-order valence-electron chi connectivity index (χ2n) is 4.54. The minimum absolute atomic E-state index is 0.382. The van der Waals surface area contributed by atoms with Gasteiger partial charge in [0, 0.05) is 32.3 Å². The van der Waals surface area contributed by atoms with E-state index in [4.69, 9.17) is 10.5 Å². The first kappa shape index (κ1) is 13.1. The molecule has 2 rings (SSSR count). The first-order chi connectivity index (χ1) is 8.83. The summed E-state index contributed by atoms with van der Waals surface area (Å²) in [6.45, 7) is 3.45. The lowest BCUT2D eigenvalue weighted by molar-refractivity contribution is 0.107. The average molecular weight is 244 g/mol. The van der Waals surface area contributed by atoms with Crippen molar-refractivity contribution in [3.63, 3.8) is 0 Å². The van der Waals surface area contributed by atoms with Crippen molar-refractivity contribution in [3.8, 4) is 11.8 Å². The number of likely N-dealkylation sites (tertiary alicyclic amines) is 1. The molecule has 1 aromatic carbocycles. The Kier molecular flexibility index (Phi) is 4.77. The molecule has 1 atom stereocenters. The zero-order valence-corrected chi connectivity index (χ0v) is 10.9. The standard InChI is InChI=1S/C15H20N2O/c1-18-15-8-10-17(12-15)11-14-6-3-2-5-13(14)7-4-9-16/h2-3,5-6,15H,8-12,16H2,1H3. The van der Waals surface area contributed by atoms with Crippen LogP contribution in [0.5, 0.6) is 0 Å². The fourth-order valence-electron chi connectivity index (χ4n) is 2.30. The summed E-state index contributed by atoms with van der Waals surface area (Å²) in [5.41, 5.74) is 7.79. The highest BCUT2D eigenvalue weighted by Crippen LogP contribution is 2.17. The van der Waals surface area contributed by atoms with Gasteiger partial charge in [0.25, 0.3) is 0 Å². The zero-order chi connectivity index (χ0) is 12.8. The predicted molar refractivity (Wildman–Crippen MR) is 73.1 cm³/mol. The lowest BCUT2D eigenvalue weighted by atomic mass is 10.1. The van der Waals surface area contributed by atoms with Crippen molar-refractivity contribution < 1.29 is 4.74 Å². The lowest BCUT2D eigenvalue weighted by Gasteiger charge is -2.16. The molecule has 0 radical (unpaired) electrons. The van der Waals surface area contributed by atoms with E-state index in [-0.39, 0.29) is 0 Å². The summed E-state index contributed by atoms with van der Waals surface area (Å²) in [4.78, 5) is 2.41. The highest BCUT2D eigenvalue weighted by atomic mass is 16.5. The van der Waals surface area contributed by atoms with Crippen LogP contribution in [0.3, 0.4) is 0 Å². The van der Waals surface area contributed by atoms with E-state index in [0.717, 1.165) is 31.6 Å². The van der Waals surface area contributed by atoms with E-state index in [1.54, 1.807) is 7.11 Å². The molecule has 0 amide bonds. The van der Waals surface area contributed by atoms with Crippen molar-refractivity contribution >= 4 is 0 Å². The molecule has 18 heavy (non-hydrogen) atoms. The number of hydrogen-bond donors (Lipinski definition) is 1. The Morgan fingerprint density at radius 3 is 3.00 bits per heavy atom. The monoisotopic (exact) mass is 244 g/mol. The normalized spacial score (nSPS) is 19.6. The molecule has 0 spiro atoms. The molecule has 1 unspecified atom stereocenters. The van der Waals surface area contributed by atoms with Crippen molar-refractivity contribution in [1.29, 1.82) is 0 Å². The molecule has 1 fully saturated rings. The van der Waals surface area contributed by atoms with E-state index in [9.17, 15) is 0 Å². The maximum Gasteiger partial charge on any atom is 0.0710 e. The molecule has 1 aliphatic rings. The smallest absolute Gasteiger partial charge is 0.0710 e. The third-order valence-electron chi connectivity index (χ3n) is 3.30. The van der Waals surface area contributed by atoms with Gasteiger partial charge in [-0.25, -0.2) is 0 Å². The summed E-state index contributed by atoms with van der Waals surface area (Å²) in [7, 11) is 1.79. The number of hydrogen-bond acceptors (Lipinski definition) is 3. The molecule has 1 saturated heterocycles. The lowest BCUT2D eigenvalue weighted by Crippen LogP contribution is -2.22. The van der Waals surface area contributed by atoms with Crippen molar-refractivity contribution in [2.45, 2.75) is 19.1 Å². The summed E-state index contributed by atoms with van der Waals surface area (Å²) in [5, 5.41) is 0. The Labute approximate surface area is 109 Å².